The quantitative estimate of drug-likeness (QED) is 0.636. The molecule has 0 radical (unpaired) electrons. The van der Waals surface area contributed by atoms with Gasteiger partial charge in [-0.25, -0.2) is 13.2 Å². The summed E-state index contributed by atoms with van der Waals surface area (Å²) in [7, 11) is 0. The fourth-order valence-corrected chi connectivity index (χ4v) is 2.01. The lowest BCUT2D eigenvalue weighted by molar-refractivity contribution is -0.187. The Labute approximate surface area is 137 Å². The molecule has 0 bridgehead atoms. The third-order valence-electron chi connectivity index (χ3n) is 3.18. The van der Waals surface area contributed by atoms with Gasteiger partial charge >= 0.3 is 12.7 Å². The Morgan fingerprint density at radius 2 is 1.56 bits per heavy atom. The molecule has 0 unspecified atom stereocenters. The summed E-state index contributed by atoms with van der Waals surface area (Å²) in [6, 6.07) is 3.37. The van der Waals surface area contributed by atoms with Crippen molar-refractivity contribution < 1.29 is 40.2 Å². The van der Waals surface area contributed by atoms with E-state index in [1.807, 2.05) is 0 Å². The van der Waals surface area contributed by atoms with Crippen LogP contribution in [0.1, 0.15) is 18.1 Å². The lowest BCUT2D eigenvalue weighted by Gasteiger charge is -2.19. The SMILES string of the molecule is CCc1ccc(C(F)(F)Oc2cc(F)c(OC(F)F)c(F)c2)c(F)c1. The highest BCUT2D eigenvalue weighted by Gasteiger charge is 2.38. The maximum Gasteiger partial charge on any atom is 0.429 e. The molecule has 0 atom stereocenters. The topological polar surface area (TPSA) is 18.5 Å². The zero-order valence-corrected chi connectivity index (χ0v) is 12.6. The maximum absolute atomic E-state index is 14.1. The average Bonchev–Trinajstić information content (AvgIpc) is 2.49. The highest BCUT2D eigenvalue weighted by Crippen LogP contribution is 2.36. The molecule has 2 aromatic rings. The molecule has 2 rings (SSSR count). The van der Waals surface area contributed by atoms with Crippen molar-refractivity contribution >= 4 is 0 Å². The summed E-state index contributed by atoms with van der Waals surface area (Å²) >= 11 is 0. The fourth-order valence-electron chi connectivity index (χ4n) is 2.01. The second-order valence-electron chi connectivity index (χ2n) is 4.88. The van der Waals surface area contributed by atoms with E-state index in [4.69, 9.17) is 0 Å². The minimum absolute atomic E-state index is 0.229. The van der Waals surface area contributed by atoms with Crippen LogP contribution in [0.15, 0.2) is 30.3 Å². The van der Waals surface area contributed by atoms with E-state index in [9.17, 15) is 30.7 Å². The number of benzene rings is 2. The molecule has 9 heteroatoms. The van der Waals surface area contributed by atoms with Crippen molar-refractivity contribution in [2.24, 2.45) is 0 Å². The van der Waals surface area contributed by atoms with E-state index >= 15 is 0 Å². The second-order valence-corrected chi connectivity index (χ2v) is 4.88. The molecule has 0 aliphatic heterocycles. The Hall–Kier alpha value is -2.45. The van der Waals surface area contributed by atoms with Crippen LogP contribution < -0.4 is 9.47 Å². The lowest BCUT2D eigenvalue weighted by atomic mass is 10.1. The summed E-state index contributed by atoms with van der Waals surface area (Å²) in [5.41, 5.74) is -0.680. The molecular formula is C16H11F7O2. The van der Waals surface area contributed by atoms with Crippen LogP contribution in [0.5, 0.6) is 11.5 Å². The minimum atomic E-state index is -4.25. The number of halogens is 7. The van der Waals surface area contributed by atoms with E-state index in [1.54, 1.807) is 6.92 Å². The Morgan fingerprint density at radius 3 is 2.04 bits per heavy atom. The Balaban J connectivity index is 2.31. The monoisotopic (exact) mass is 368 g/mol. The van der Waals surface area contributed by atoms with Gasteiger partial charge in [-0.05, 0) is 24.1 Å². The van der Waals surface area contributed by atoms with E-state index < -0.39 is 47.2 Å². The molecule has 2 aromatic carbocycles. The molecule has 0 spiro atoms. The maximum atomic E-state index is 14.1. The van der Waals surface area contributed by atoms with Gasteiger partial charge in [-0.2, -0.15) is 17.6 Å². The lowest BCUT2D eigenvalue weighted by Crippen LogP contribution is -2.23. The highest BCUT2D eigenvalue weighted by atomic mass is 19.3. The van der Waals surface area contributed by atoms with Crippen LogP contribution >= 0.6 is 0 Å². The molecule has 0 saturated heterocycles. The van der Waals surface area contributed by atoms with Gasteiger partial charge in [-0.1, -0.05) is 13.0 Å². The summed E-state index contributed by atoms with van der Waals surface area (Å²) in [5.74, 6) is -7.08. The Bertz CT molecular complexity index is 739. The van der Waals surface area contributed by atoms with Gasteiger partial charge in [0, 0.05) is 12.1 Å². The summed E-state index contributed by atoms with van der Waals surface area (Å²) in [6.45, 7) is -1.82. The predicted octanol–water partition coefficient (Wildman–Crippen LogP) is 5.40. The molecule has 0 aliphatic carbocycles. The minimum Gasteiger partial charge on any atom is -0.429 e. The first kappa shape index (κ1) is 18.9. The van der Waals surface area contributed by atoms with Crippen LogP contribution in [0.25, 0.3) is 0 Å². The van der Waals surface area contributed by atoms with Crippen molar-refractivity contribution in [2.45, 2.75) is 26.1 Å². The van der Waals surface area contributed by atoms with Crippen LogP contribution in [-0.4, -0.2) is 6.61 Å². The number of alkyl halides is 4. The van der Waals surface area contributed by atoms with Gasteiger partial charge in [0.15, 0.2) is 17.4 Å². The molecular weight excluding hydrogens is 357 g/mol. The normalized spacial score (nSPS) is 11.7. The van der Waals surface area contributed by atoms with Crippen molar-refractivity contribution in [1.82, 2.24) is 0 Å². The van der Waals surface area contributed by atoms with Gasteiger partial charge < -0.3 is 9.47 Å². The smallest absolute Gasteiger partial charge is 0.429 e. The van der Waals surface area contributed by atoms with E-state index in [-0.39, 0.29) is 12.1 Å². The summed E-state index contributed by atoms with van der Waals surface area (Å²) in [4.78, 5) is 0. The van der Waals surface area contributed by atoms with Crippen LogP contribution in [0, 0.1) is 17.5 Å². The molecule has 0 aromatic heterocycles. The molecule has 2 nitrogen and oxygen atoms in total. The number of hydrogen-bond donors (Lipinski definition) is 0. The van der Waals surface area contributed by atoms with E-state index in [1.165, 1.54) is 6.07 Å². The number of aryl methyl sites for hydroxylation is 1. The van der Waals surface area contributed by atoms with Gasteiger partial charge in [0.2, 0.25) is 0 Å². The zero-order chi connectivity index (χ0) is 18.8. The van der Waals surface area contributed by atoms with Gasteiger partial charge in [0.25, 0.3) is 0 Å². The second kappa shape index (κ2) is 7.20. The van der Waals surface area contributed by atoms with Gasteiger partial charge in [0.1, 0.15) is 11.6 Å². The molecule has 25 heavy (non-hydrogen) atoms. The number of hydrogen-bond acceptors (Lipinski definition) is 2. The third kappa shape index (κ3) is 4.34. The predicted molar refractivity (Wildman–Crippen MR) is 73.3 cm³/mol. The Kier molecular flexibility index (Phi) is 5.44. The fraction of sp³-hybridized carbons (Fsp3) is 0.250. The zero-order valence-electron chi connectivity index (χ0n) is 12.6. The van der Waals surface area contributed by atoms with Crippen LogP contribution in [0.2, 0.25) is 0 Å². The Morgan fingerprint density at radius 1 is 0.960 bits per heavy atom. The number of rotatable bonds is 6. The number of ether oxygens (including phenoxy) is 2. The molecule has 0 aliphatic rings. The third-order valence-corrected chi connectivity index (χ3v) is 3.18. The first-order valence-electron chi connectivity index (χ1n) is 6.93. The molecule has 0 heterocycles. The van der Waals surface area contributed by atoms with Crippen molar-refractivity contribution in [1.29, 1.82) is 0 Å². The standard InChI is InChI=1S/C16H11F7O2/c1-2-8-3-4-10(11(17)5-8)16(22,23)25-9-6-12(18)14(13(19)7-9)24-15(20)21/h3-7,15H,2H2,1H3. The average molecular weight is 368 g/mol. The summed E-state index contributed by atoms with van der Waals surface area (Å²) < 4.78 is 101. The molecule has 0 fully saturated rings. The molecule has 0 saturated carbocycles. The van der Waals surface area contributed by atoms with Crippen molar-refractivity contribution in [3.05, 3.63) is 58.9 Å². The highest BCUT2D eigenvalue weighted by molar-refractivity contribution is 5.36. The first-order valence-corrected chi connectivity index (χ1v) is 6.93. The molecule has 0 amide bonds. The van der Waals surface area contributed by atoms with E-state index in [0.29, 0.717) is 12.0 Å². The van der Waals surface area contributed by atoms with Gasteiger partial charge in [0.05, 0.1) is 5.56 Å². The van der Waals surface area contributed by atoms with Crippen molar-refractivity contribution in [2.75, 3.05) is 0 Å². The largest absolute Gasteiger partial charge is 0.429 e. The van der Waals surface area contributed by atoms with Crippen LogP contribution in [0.4, 0.5) is 30.7 Å². The van der Waals surface area contributed by atoms with Crippen LogP contribution in [-0.2, 0) is 12.5 Å². The van der Waals surface area contributed by atoms with E-state index in [0.717, 1.165) is 12.1 Å². The van der Waals surface area contributed by atoms with Crippen LogP contribution in [0.3, 0.4) is 0 Å². The van der Waals surface area contributed by atoms with Crippen molar-refractivity contribution in [3.63, 3.8) is 0 Å². The molecule has 0 N–H and O–H groups in total. The van der Waals surface area contributed by atoms with Gasteiger partial charge in [-0.3, -0.25) is 0 Å². The summed E-state index contributed by atoms with van der Waals surface area (Å²) in [5, 5.41) is 0. The van der Waals surface area contributed by atoms with Gasteiger partial charge in [-0.15, -0.1) is 0 Å². The summed E-state index contributed by atoms with van der Waals surface area (Å²) in [6.07, 6.45) is -3.84. The van der Waals surface area contributed by atoms with E-state index in [2.05, 4.69) is 9.47 Å². The first-order chi connectivity index (χ1) is 11.6. The molecule has 136 valence electrons. The van der Waals surface area contributed by atoms with Crippen molar-refractivity contribution in [3.8, 4) is 11.5 Å².